The summed E-state index contributed by atoms with van der Waals surface area (Å²) in [5.74, 6) is 2.37. The Labute approximate surface area is 129 Å². The molecule has 1 aromatic carbocycles. The third kappa shape index (κ3) is 3.32. The minimum Gasteiger partial charge on any atom is -0.326 e. The molecular formula is C19H30N2. The molecular weight excluding hydrogens is 256 g/mol. The van der Waals surface area contributed by atoms with E-state index in [1.807, 2.05) is 0 Å². The summed E-state index contributed by atoms with van der Waals surface area (Å²) in [6.07, 6.45) is 5.13. The zero-order chi connectivity index (χ0) is 14.8. The second-order valence-corrected chi connectivity index (χ2v) is 7.44. The van der Waals surface area contributed by atoms with Crippen LogP contribution in [0.4, 0.5) is 0 Å². The van der Waals surface area contributed by atoms with E-state index in [0.717, 1.165) is 11.8 Å². The molecule has 0 bridgehead atoms. The van der Waals surface area contributed by atoms with E-state index in [2.05, 4.69) is 49.1 Å². The van der Waals surface area contributed by atoms with Crippen LogP contribution in [-0.4, -0.2) is 30.1 Å². The van der Waals surface area contributed by atoms with Crippen LogP contribution in [0.2, 0.25) is 0 Å². The smallest absolute Gasteiger partial charge is 0.0250 e. The lowest BCUT2D eigenvalue weighted by Crippen LogP contribution is -2.51. The van der Waals surface area contributed by atoms with E-state index in [1.165, 1.54) is 44.3 Å². The van der Waals surface area contributed by atoms with Gasteiger partial charge in [-0.1, -0.05) is 44.2 Å². The molecule has 4 unspecified atom stereocenters. The van der Waals surface area contributed by atoms with Gasteiger partial charge in [-0.25, -0.2) is 0 Å². The first-order valence-electron chi connectivity index (χ1n) is 8.69. The first-order chi connectivity index (χ1) is 10.1. The maximum absolute atomic E-state index is 6.46. The predicted octanol–water partition coefficient (Wildman–Crippen LogP) is 3.63. The first-order valence-corrected chi connectivity index (χ1v) is 8.69. The Morgan fingerprint density at radius 2 is 1.86 bits per heavy atom. The van der Waals surface area contributed by atoms with Crippen molar-refractivity contribution in [2.24, 2.45) is 17.6 Å². The molecule has 0 amide bonds. The molecule has 1 heterocycles. The van der Waals surface area contributed by atoms with Gasteiger partial charge >= 0.3 is 0 Å². The quantitative estimate of drug-likeness (QED) is 0.919. The van der Waals surface area contributed by atoms with Gasteiger partial charge in [-0.05, 0) is 55.5 Å². The number of likely N-dealkylation sites (tertiary alicyclic amines) is 1. The van der Waals surface area contributed by atoms with Crippen LogP contribution in [0.15, 0.2) is 30.3 Å². The molecule has 2 aliphatic rings. The van der Waals surface area contributed by atoms with E-state index in [4.69, 9.17) is 5.73 Å². The van der Waals surface area contributed by atoms with Crippen LogP contribution in [0.25, 0.3) is 0 Å². The molecule has 0 spiro atoms. The van der Waals surface area contributed by atoms with Crippen molar-refractivity contribution < 1.29 is 0 Å². The molecule has 1 saturated heterocycles. The highest BCUT2D eigenvalue weighted by atomic mass is 15.2. The van der Waals surface area contributed by atoms with Crippen molar-refractivity contribution in [3.05, 3.63) is 35.9 Å². The number of nitrogens with two attached hydrogens (primary N) is 1. The number of hydrogen-bond donors (Lipinski definition) is 1. The summed E-state index contributed by atoms with van der Waals surface area (Å²) in [7, 11) is 0. The lowest BCUT2D eigenvalue weighted by molar-refractivity contribution is 0.116. The molecule has 2 heteroatoms. The van der Waals surface area contributed by atoms with Crippen LogP contribution in [0.5, 0.6) is 0 Å². The van der Waals surface area contributed by atoms with Gasteiger partial charge < -0.3 is 5.73 Å². The maximum atomic E-state index is 6.46. The van der Waals surface area contributed by atoms with Crippen LogP contribution in [0.3, 0.4) is 0 Å². The fraction of sp³-hybridized carbons (Fsp3) is 0.684. The molecule has 2 N–H and O–H groups in total. The molecule has 1 aromatic rings. The Morgan fingerprint density at radius 1 is 1.10 bits per heavy atom. The summed E-state index contributed by atoms with van der Waals surface area (Å²) in [4.78, 5) is 2.69. The van der Waals surface area contributed by atoms with E-state index >= 15 is 0 Å². The Bertz CT molecular complexity index is 442. The Balaban J connectivity index is 1.64. The van der Waals surface area contributed by atoms with Gasteiger partial charge in [-0.15, -0.1) is 0 Å². The van der Waals surface area contributed by atoms with Crippen LogP contribution in [0.1, 0.15) is 51.0 Å². The van der Waals surface area contributed by atoms with Crippen LogP contribution < -0.4 is 5.73 Å². The number of benzene rings is 1. The topological polar surface area (TPSA) is 29.3 Å². The molecule has 2 nitrogen and oxygen atoms in total. The normalized spacial score (nSPS) is 34.5. The molecule has 2 fully saturated rings. The van der Waals surface area contributed by atoms with Gasteiger partial charge in [-0.3, -0.25) is 4.90 Å². The van der Waals surface area contributed by atoms with Crippen molar-refractivity contribution in [1.82, 2.24) is 4.90 Å². The minimum absolute atomic E-state index is 0.384. The third-order valence-electron chi connectivity index (χ3n) is 5.81. The summed E-state index contributed by atoms with van der Waals surface area (Å²) in [5.41, 5.74) is 7.97. The largest absolute Gasteiger partial charge is 0.326 e. The molecule has 0 aromatic heterocycles. The van der Waals surface area contributed by atoms with Gasteiger partial charge in [-0.2, -0.15) is 0 Å². The Kier molecular flexibility index (Phi) is 4.66. The average Bonchev–Trinajstić information content (AvgIpc) is 2.98. The highest BCUT2D eigenvalue weighted by molar-refractivity contribution is 5.21. The molecule has 1 aliphatic heterocycles. The number of hydrogen-bond acceptors (Lipinski definition) is 2. The van der Waals surface area contributed by atoms with Gasteiger partial charge in [0.1, 0.15) is 0 Å². The van der Waals surface area contributed by atoms with Crippen molar-refractivity contribution in [2.45, 2.75) is 57.5 Å². The summed E-state index contributed by atoms with van der Waals surface area (Å²) in [5, 5.41) is 0. The monoisotopic (exact) mass is 286 g/mol. The number of rotatable bonds is 3. The van der Waals surface area contributed by atoms with E-state index in [0.29, 0.717) is 18.0 Å². The summed E-state index contributed by atoms with van der Waals surface area (Å²) >= 11 is 0. The van der Waals surface area contributed by atoms with Crippen molar-refractivity contribution >= 4 is 0 Å². The molecule has 21 heavy (non-hydrogen) atoms. The van der Waals surface area contributed by atoms with E-state index < -0.39 is 0 Å². The molecule has 3 rings (SSSR count). The van der Waals surface area contributed by atoms with Gasteiger partial charge in [0.15, 0.2) is 0 Å². The van der Waals surface area contributed by atoms with E-state index in [-0.39, 0.29) is 0 Å². The molecule has 4 atom stereocenters. The van der Waals surface area contributed by atoms with Crippen LogP contribution in [0, 0.1) is 11.8 Å². The third-order valence-corrected chi connectivity index (χ3v) is 5.81. The van der Waals surface area contributed by atoms with Crippen molar-refractivity contribution in [3.8, 4) is 0 Å². The van der Waals surface area contributed by atoms with Gasteiger partial charge in [0.05, 0.1) is 0 Å². The standard InChI is InChI=1S/C19H30N2/c1-14(2)16-8-9-18(20)19(12-16)21-11-10-17(13-21)15-6-4-3-5-7-15/h3-7,14,16-19H,8-13,20H2,1-2H3. The fourth-order valence-electron chi connectivity index (χ4n) is 4.31. The fourth-order valence-corrected chi connectivity index (χ4v) is 4.31. The van der Waals surface area contributed by atoms with Crippen molar-refractivity contribution in [3.63, 3.8) is 0 Å². The van der Waals surface area contributed by atoms with Crippen molar-refractivity contribution in [2.75, 3.05) is 13.1 Å². The summed E-state index contributed by atoms with van der Waals surface area (Å²) in [6.45, 7) is 7.17. The van der Waals surface area contributed by atoms with Crippen molar-refractivity contribution in [1.29, 1.82) is 0 Å². The molecule has 0 radical (unpaired) electrons. The highest BCUT2D eigenvalue weighted by Gasteiger charge is 2.36. The summed E-state index contributed by atoms with van der Waals surface area (Å²) in [6, 6.07) is 12.0. The first kappa shape index (κ1) is 15.1. The molecule has 116 valence electrons. The van der Waals surface area contributed by atoms with Gasteiger partial charge in [0.25, 0.3) is 0 Å². The zero-order valence-electron chi connectivity index (χ0n) is 13.5. The average molecular weight is 286 g/mol. The van der Waals surface area contributed by atoms with Crippen LogP contribution >= 0.6 is 0 Å². The van der Waals surface area contributed by atoms with Gasteiger partial charge in [0, 0.05) is 18.6 Å². The SMILES string of the molecule is CC(C)C1CCC(N)C(N2CCC(c3ccccc3)C2)C1. The van der Waals surface area contributed by atoms with Crippen LogP contribution in [-0.2, 0) is 0 Å². The minimum atomic E-state index is 0.384. The summed E-state index contributed by atoms with van der Waals surface area (Å²) < 4.78 is 0. The van der Waals surface area contributed by atoms with E-state index in [9.17, 15) is 0 Å². The molecule has 1 aliphatic carbocycles. The van der Waals surface area contributed by atoms with E-state index in [1.54, 1.807) is 0 Å². The second kappa shape index (κ2) is 6.50. The van der Waals surface area contributed by atoms with Gasteiger partial charge in [0.2, 0.25) is 0 Å². The lowest BCUT2D eigenvalue weighted by atomic mass is 9.76. The molecule has 1 saturated carbocycles. The highest BCUT2D eigenvalue weighted by Crippen LogP contribution is 2.36. The maximum Gasteiger partial charge on any atom is 0.0250 e. The Morgan fingerprint density at radius 3 is 2.57 bits per heavy atom. The number of nitrogens with zero attached hydrogens (tertiary/aromatic N) is 1. The Hall–Kier alpha value is -0.860. The second-order valence-electron chi connectivity index (χ2n) is 7.44. The lowest BCUT2D eigenvalue weighted by Gasteiger charge is -2.41. The zero-order valence-corrected chi connectivity index (χ0v) is 13.5. The predicted molar refractivity (Wildman–Crippen MR) is 89.3 cm³/mol.